The molecule has 218 valence electrons. The number of halogens is 13. The number of nitrogens with zero attached hydrogens (tertiary/aromatic N) is 1. The number of carbonyl (C=O) groups is 1. The molecular weight excluding hydrogens is 615 g/mol. The summed E-state index contributed by atoms with van der Waals surface area (Å²) in [6, 6.07) is 2.92. The minimum absolute atomic E-state index is 0.530. The molecule has 0 aliphatic carbocycles. The summed E-state index contributed by atoms with van der Waals surface area (Å²) in [5.74, 6) is -40.4. The zero-order valence-electron chi connectivity index (χ0n) is 17.4. The number of rotatable bonds is 11. The summed E-state index contributed by atoms with van der Waals surface area (Å²) in [6.07, 6.45) is -10.3. The molecule has 8 nitrogen and oxygen atoms in total. The van der Waals surface area contributed by atoms with Gasteiger partial charge >= 0.3 is 46.1 Å². The lowest BCUT2D eigenvalue weighted by molar-refractivity contribution is -0.439. The van der Waals surface area contributed by atoms with Crippen LogP contribution < -0.4 is 8.91 Å². The second kappa shape index (κ2) is 10.4. The van der Waals surface area contributed by atoms with Crippen LogP contribution in [0.2, 0.25) is 0 Å². The molecule has 1 amide bonds. The molecule has 38 heavy (non-hydrogen) atoms. The summed E-state index contributed by atoms with van der Waals surface area (Å²) in [6.45, 7) is 0. The molecule has 0 spiro atoms. The fourth-order valence-electron chi connectivity index (χ4n) is 2.13. The maximum absolute atomic E-state index is 13.7. The molecule has 1 aromatic rings. The Labute approximate surface area is 205 Å². The van der Waals surface area contributed by atoms with E-state index in [-0.39, 0.29) is 0 Å². The first kappa shape index (κ1) is 33.3. The Bertz CT molecular complexity index is 1140. The van der Waals surface area contributed by atoms with Gasteiger partial charge in [-0.2, -0.15) is 65.5 Å². The number of hydrogen-bond acceptors (Lipinski definition) is 7. The van der Waals surface area contributed by atoms with E-state index in [1.54, 1.807) is 0 Å². The monoisotopic (exact) mass is 624 g/mol. The highest BCUT2D eigenvalue weighted by molar-refractivity contribution is 8.14. The molecule has 0 heterocycles. The van der Waals surface area contributed by atoms with Gasteiger partial charge in [-0.1, -0.05) is 11.8 Å². The number of non-ortho nitro benzene ring substituents is 1. The lowest BCUT2D eigenvalue weighted by Gasteiger charge is -2.39. The summed E-state index contributed by atoms with van der Waals surface area (Å²) in [7, 11) is -5.17. The fraction of sp³-hybridized carbons (Fsp3) is 0.533. The van der Waals surface area contributed by atoms with Gasteiger partial charge in [-0.05, 0) is 12.1 Å². The van der Waals surface area contributed by atoms with E-state index in [1.807, 2.05) is 0 Å². The molecule has 0 radical (unpaired) electrons. The van der Waals surface area contributed by atoms with Gasteiger partial charge in [0, 0.05) is 24.3 Å². The van der Waals surface area contributed by atoms with Gasteiger partial charge < -0.3 is 4.18 Å². The van der Waals surface area contributed by atoms with Crippen LogP contribution in [0.5, 0.6) is 5.75 Å². The Morgan fingerprint density at radius 1 is 0.842 bits per heavy atom. The Kier molecular flexibility index (Phi) is 9.16. The Morgan fingerprint density at radius 2 is 1.29 bits per heavy atom. The van der Waals surface area contributed by atoms with Crippen molar-refractivity contribution < 1.29 is 79.4 Å². The molecule has 1 N–H and O–H groups in total. The topological polar surface area (TPSA) is 116 Å². The molecule has 0 aliphatic rings. The van der Waals surface area contributed by atoms with Gasteiger partial charge in [0.25, 0.3) is 10.9 Å². The minimum atomic E-state index is -8.07. The van der Waals surface area contributed by atoms with Gasteiger partial charge in [-0.15, -0.1) is 0 Å². The molecule has 0 saturated carbocycles. The van der Waals surface area contributed by atoms with E-state index in [0.29, 0.717) is 0 Å². The number of nitrogens with one attached hydrogen (secondary N) is 1. The van der Waals surface area contributed by atoms with E-state index in [1.165, 1.54) is 0 Å². The van der Waals surface area contributed by atoms with Crippen molar-refractivity contribution in [2.75, 3.05) is 5.75 Å². The Balaban J connectivity index is 2.91. The third kappa shape index (κ3) is 6.46. The third-order valence-corrected chi connectivity index (χ3v) is 5.86. The average Bonchev–Trinajstić information content (AvgIpc) is 2.71. The number of thioether (sulfide) groups is 1. The lowest BCUT2D eigenvalue weighted by atomic mass is 9.93. The molecule has 0 fully saturated rings. The molecule has 0 atom stereocenters. The molecule has 23 heteroatoms. The predicted octanol–water partition coefficient (Wildman–Crippen LogP) is 5.79. The van der Waals surface area contributed by atoms with Crippen LogP contribution in [0.1, 0.15) is 6.42 Å². The first-order chi connectivity index (χ1) is 16.7. The second-order valence-corrected chi connectivity index (χ2v) is 9.12. The lowest BCUT2D eigenvalue weighted by Crippen LogP contribution is -2.70. The zero-order valence-corrected chi connectivity index (χ0v) is 19.0. The molecule has 0 saturated heterocycles. The zero-order chi connectivity index (χ0) is 30.2. The van der Waals surface area contributed by atoms with Crippen molar-refractivity contribution in [1.29, 1.82) is 0 Å². The number of alkyl halides is 13. The van der Waals surface area contributed by atoms with Crippen LogP contribution in [0.25, 0.3) is 0 Å². The van der Waals surface area contributed by atoms with Gasteiger partial charge in [0.15, 0.2) is 0 Å². The van der Waals surface area contributed by atoms with Crippen molar-refractivity contribution in [3.63, 3.8) is 0 Å². The van der Waals surface area contributed by atoms with E-state index in [9.17, 15) is 80.4 Å². The largest absolute Gasteiger partial charge is 0.460 e. The smallest absolute Gasteiger partial charge is 0.367 e. The number of nitro groups is 1. The molecule has 0 bridgehead atoms. The second-order valence-electron chi connectivity index (χ2n) is 6.78. The van der Waals surface area contributed by atoms with Crippen molar-refractivity contribution in [1.82, 2.24) is 4.72 Å². The van der Waals surface area contributed by atoms with Gasteiger partial charge in [0.1, 0.15) is 5.75 Å². The Hall–Kier alpha value is -2.72. The van der Waals surface area contributed by atoms with Crippen LogP contribution in [-0.4, -0.2) is 60.1 Å². The van der Waals surface area contributed by atoms with Crippen LogP contribution in [0, 0.1) is 10.1 Å². The highest BCUT2D eigenvalue weighted by Crippen LogP contribution is 2.60. The summed E-state index contributed by atoms with van der Waals surface area (Å²) < 4.78 is 198. The van der Waals surface area contributed by atoms with E-state index < -0.39 is 91.6 Å². The van der Waals surface area contributed by atoms with Crippen LogP contribution in [0.15, 0.2) is 24.3 Å². The maximum Gasteiger partial charge on any atom is 0.460 e. The van der Waals surface area contributed by atoms with Gasteiger partial charge in [-0.25, -0.2) is 4.72 Å². The highest BCUT2D eigenvalue weighted by atomic mass is 32.2. The summed E-state index contributed by atoms with van der Waals surface area (Å²) in [4.78, 5) is 21.1. The molecule has 1 aromatic carbocycles. The van der Waals surface area contributed by atoms with E-state index in [4.69, 9.17) is 0 Å². The standard InChI is InChI=1S/C15H9F13N2O6S2/c16-10(17,11(18,19)12(20,21)13(22,23)14(24,25)15(26,27)28)5-6-37-9(31)29-38(34,35)36-8-3-1-7(2-4-8)30(32)33/h1-4H,5-6H2,(H,29,31). The highest BCUT2D eigenvalue weighted by Gasteiger charge is 2.90. The summed E-state index contributed by atoms with van der Waals surface area (Å²) in [5.41, 5.74) is -0.530. The number of benzene rings is 1. The molecule has 1 rings (SSSR count). The van der Waals surface area contributed by atoms with Crippen molar-refractivity contribution in [2.24, 2.45) is 0 Å². The predicted molar refractivity (Wildman–Crippen MR) is 99.0 cm³/mol. The van der Waals surface area contributed by atoms with Crippen molar-refractivity contribution in [3.8, 4) is 5.75 Å². The molecule has 0 aromatic heterocycles. The number of carbonyl (C=O) groups excluding carboxylic acids is 1. The summed E-state index contributed by atoms with van der Waals surface area (Å²) in [5, 5.41) is 8.57. The SMILES string of the molecule is O=C(NS(=O)(=O)Oc1ccc([N+](=O)[O-])cc1)SCCC(F)(F)C(F)(F)C(F)(F)C(F)(F)C(F)(F)C(F)(F)F. The van der Waals surface area contributed by atoms with Crippen LogP contribution in [0.4, 0.5) is 67.6 Å². The van der Waals surface area contributed by atoms with Crippen LogP contribution in [-0.2, 0) is 10.3 Å². The first-order valence-electron chi connectivity index (χ1n) is 8.83. The number of nitro benzene ring substituents is 1. The molecular formula is C15H9F13N2O6S2. The fourth-order valence-corrected chi connectivity index (χ4v) is 3.83. The van der Waals surface area contributed by atoms with Crippen LogP contribution >= 0.6 is 11.8 Å². The normalized spacial score (nSPS) is 14.2. The first-order valence-corrected chi connectivity index (χ1v) is 11.2. The van der Waals surface area contributed by atoms with Crippen LogP contribution in [0.3, 0.4) is 0 Å². The minimum Gasteiger partial charge on any atom is -0.367 e. The van der Waals surface area contributed by atoms with Gasteiger partial charge in [-0.3, -0.25) is 14.9 Å². The number of hydrogen-bond donors (Lipinski definition) is 1. The van der Waals surface area contributed by atoms with Crippen molar-refractivity contribution >= 4 is 33.0 Å². The molecule has 0 unspecified atom stereocenters. The van der Waals surface area contributed by atoms with E-state index in [2.05, 4.69) is 4.18 Å². The average molecular weight is 624 g/mol. The summed E-state index contributed by atoms with van der Waals surface area (Å²) >= 11 is -0.681. The van der Waals surface area contributed by atoms with E-state index >= 15 is 0 Å². The van der Waals surface area contributed by atoms with Crippen molar-refractivity contribution in [3.05, 3.63) is 34.4 Å². The van der Waals surface area contributed by atoms with E-state index in [0.717, 1.165) is 29.0 Å². The van der Waals surface area contributed by atoms with Crippen molar-refractivity contribution in [2.45, 2.75) is 42.2 Å². The van der Waals surface area contributed by atoms with Gasteiger partial charge in [0.05, 0.1) is 4.92 Å². The number of amides is 1. The van der Waals surface area contributed by atoms with Gasteiger partial charge in [0.2, 0.25) is 0 Å². The quantitative estimate of drug-likeness (QED) is 0.188. The maximum atomic E-state index is 13.7. The molecule has 0 aliphatic heterocycles. The Morgan fingerprint density at radius 3 is 1.71 bits per heavy atom. The third-order valence-electron chi connectivity index (χ3n) is 4.11.